The summed E-state index contributed by atoms with van der Waals surface area (Å²) >= 11 is 0. The summed E-state index contributed by atoms with van der Waals surface area (Å²) < 4.78 is 40.6. The molecule has 1 atom stereocenters. The van der Waals surface area contributed by atoms with Gasteiger partial charge in [0.15, 0.2) is 0 Å². The second kappa shape index (κ2) is 4.29. The van der Waals surface area contributed by atoms with Gasteiger partial charge >= 0.3 is 6.18 Å². The minimum atomic E-state index is -4.39. The molecule has 0 amide bonds. The first-order valence-corrected chi connectivity index (χ1v) is 4.73. The van der Waals surface area contributed by atoms with Crippen LogP contribution in [0.1, 0.15) is 34.6 Å². The highest BCUT2D eigenvalue weighted by atomic mass is 19.4. The van der Waals surface area contributed by atoms with Crippen molar-refractivity contribution in [1.82, 2.24) is 0 Å². The Hall–Kier alpha value is -0.290. The van der Waals surface area contributed by atoms with Crippen LogP contribution in [0, 0.1) is 5.41 Å². The number of ether oxygens (including phenoxy) is 1. The third-order valence-electron chi connectivity index (χ3n) is 1.83. The van der Waals surface area contributed by atoms with Crippen LogP contribution in [0.2, 0.25) is 0 Å². The van der Waals surface area contributed by atoms with E-state index in [1.807, 2.05) is 0 Å². The Labute approximate surface area is 88.4 Å². The average molecular weight is 227 g/mol. The van der Waals surface area contributed by atoms with Crippen LogP contribution in [-0.4, -0.2) is 24.5 Å². The van der Waals surface area contributed by atoms with Crippen molar-refractivity contribution in [1.29, 1.82) is 0 Å². The molecule has 91 valence electrons. The van der Waals surface area contributed by atoms with Gasteiger partial charge in [-0.3, -0.25) is 0 Å². The summed E-state index contributed by atoms with van der Waals surface area (Å²) in [6.45, 7) is 6.36. The molecule has 1 radical (unpaired) electrons. The first kappa shape index (κ1) is 14.7. The van der Waals surface area contributed by atoms with Crippen LogP contribution in [0.15, 0.2) is 0 Å². The molecule has 0 saturated carbocycles. The van der Waals surface area contributed by atoms with Crippen LogP contribution in [-0.2, 0) is 9.84 Å². The number of hydrogen-bond acceptors (Lipinski definition) is 1. The summed E-state index contributed by atoms with van der Waals surface area (Å²) in [5.74, 6) is 0. The van der Waals surface area contributed by atoms with E-state index in [-0.39, 0.29) is 0 Å². The molecule has 0 rings (SSSR count). The maximum Gasteiger partial charge on any atom is 0.411 e. The highest BCUT2D eigenvalue weighted by molar-refractivity contribution is 4.87. The predicted molar refractivity (Wildman–Crippen MR) is 50.0 cm³/mol. The van der Waals surface area contributed by atoms with Crippen molar-refractivity contribution in [2.45, 2.75) is 52.5 Å². The third-order valence-corrected chi connectivity index (χ3v) is 1.83. The van der Waals surface area contributed by atoms with Crippen LogP contribution < -0.4 is 0 Å². The van der Waals surface area contributed by atoms with Gasteiger partial charge in [-0.15, -0.1) is 0 Å². The van der Waals surface area contributed by atoms with Gasteiger partial charge in [0, 0.05) is 0 Å². The summed E-state index contributed by atoms with van der Waals surface area (Å²) in [5, 5.41) is 11.7. The van der Waals surface area contributed by atoms with Gasteiger partial charge in [-0.25, -0.2) is 5.11 Å². The Morgan fingerprint density at radius 2 is 1.47 bits per heavy atom. The van der Waals surface area contributed by atoms with Crippen molar-refractivity contribution in [3.8, 4) is 0 Å². The predicted octanol–water partition coefficient (Wildman–Crippen LogP) is 3.19. The Kier molecular flexibility index (Phi) is 4.21. The molecule has 0 aliphatic heterocycles. The second-order valence-corrected chi connectivity index (χ2v) is 5.28. The Bertz CT molecular complexity index is 184. The van der Waals surface area contributed by atoms with Crippen LogP contribution in [0.4, 0.5) is 13.2 Å². The van der Waals surface area contributed by atoms with Gasteiger partial charge in [0.05, 0.1) is 6.10 Å². The van der Waals surface area contributed by atoms with Gasteiger partial charge in [-0.2, -0.15) is 13.2 Å². The lowest BCUT2D eigenvalue weighted by Gasteiger charge is -2.37. The fourth-order valence-corrected chi connectivity index (χ4v) is 1.67. The van der Waals surface area contributed by atoms with Crippen LogP contribution in [0.3, 0.4) is 0 Å². The molecule has 0 aromatic carbocycles. The molecule has 0 aliphatic rings. The summed E-state index contributed by atoms with van der Waals surface area (Å²) in [4.78, 5) is 0. The van der Waals surface area contributed by atoms with E-state index in [4.69, 9.17) is 4.74 Å². The largest absolute Gasteiger partial charge is 0.411 e. The monoisotopic (exact) mass is 227 g/mol. The molecule has 0 saturated heterocycles. The van der Waals surface area contributed by atoms with E-state index in [0.29, 0.717) is 0 Å². The first-order valence-electron chi connectivity index (χ1n) is 4.73. The molecule has 2 nitrogen and oxygen atoms in total. The van der Waals surface area contributed by atoms with E-state index in [2.05, 4.69) is 0 Å². The Balaban J connectivity index is 4.56. The molecule has 0 aliphatic carbocycles. The third kappa shape index (κ3) is 5.99. The summed E-state index contributed by atoms with van der Waals surface area (Å²) in [6, 6.07) is 0. The van der Waals surface area contributed by atoms with Gasteiger partial charge in [0.2, 0.25) is 0 Å². The van der Waals surface area contributed by atoms with Gasteiger partial charge in [0.1, 0.15) is 12.2 Å². The molecule has 1 unspecified atom stereocenters. The molecular formula is C10H18F3O2. The summed E-state index contributed by atoms with van der Waals surface area (Å²) in [5.41, 5.74) is -2.17. The maximum absolute atomic E-state index is 12.0. The van der Waals surface area contributed by atoms with Crippen molar-refractivity contribution in [2.24, 2.45) is 5.41 Å². The summed E-state index contributed by atoms with van der Waals surface area (Å²) in [6.07, 6.45) is -5.37. The SMILES string of the molecule is CC(C)(C)C(OCC(F)(F)F)C(C)(C)[O]. The molecule has 0 aromatic heterocycles. The van der Waals surface area contributed by atoms with Gasteiger partial charge < -0.3 is 4.74 Å². The molecule has 0 N–H and O–H groups in total. The van der Waals surface area contributed by atoms with Gasteiger partial charge in [-0.05, 0) is 19.3 Å². The first-order chi connectivity index (χ1) is 6.34. The zero-order valence-electron chi connectivity index (χ0n) is 9.73. The van der Waals surface area contributed by atoms with Crippen molar-refractivity contribution in [3.63, 3.8) is 0 Å². The summed E-state index contributed by atoms with van der Waals surface area (Å²) in [7, 11) is 0. The van der Waals surface area contributed by atoms with E-state index in [0.717, 1.165) is 0 Å². The van der Waals surface area contributed by atoms with E-state index in [1.165, 1.54) is 13.8 Å². The lowest BCUT2D eigenvalue weighted by molar-refractivity contribution is -0.229. The lowest BCUT2D eigenvalue weighted by atomic mass is 9.80. The Morgan fingerprint density at radius 1 is 1.07 bits per heavy atom. The van der Waals surface area contributed by atoms with E-state index >= 15 is 0 Å². The quantitative estimate of drug-likeness (QED) is 0.728. The fraction of sp³-hybridized carbons (Fsp3) is 1.00. The van der Waals surface area contributed by atoms with Crippen molar-refractivity contribution in [2.75, 3.05) is 6.61 Å². The normalized spacial score (nSPS) is 16.6. The van der Waals surface area contributed by atoms with Gasteiger partial charge in [0.25, 0.3) is 0 Å². The number of alkyl halides is 3. The average Bonchev–Trinajstić information content (AvgIpc) is 1.75. The molecule has 5 heteroatoms. The van der Waals surface area contributed by atoms with E-state index in [9.17, 15) is 18.3 Å². The molecule has 0 bridgehead atoms. The minimum Gasteiger partial charge on any atom is -0.365 e. The lowest BCUT2D eigenvalue weighted by Crippen LogP contribution is -2.47. The van der Waals surface area contributed by atoms with Crippen LogP contribution >= 0.6 is 0 Å². The molecular weight excluding hydrogens is 209 g/mol. The zero-order valence-corrected chi connectivity index (χ0v) is 9.73. The van der Waals surface area contributed by atoms with Crippen LogP contribution in [0.5, 0.6) is 0 Å². The Morgan fingerprint density at radius 3 is 1.67 bits per heavy atom. The zero-order chi connectivity index (χ0) is 12.5. The minimum absolute atomic E-state index is 0.615. The molecule has 0 heterocycles. The van der Waals surface area contributed by atoms with Crippen molar-refractivity contribution < 1.29 is 23.0 Å². The topological polar surface area (TPSA) is 29.1 Å². The van der Waals surface area contributed by atoms with Crippen molar-refractivity contribution >= 4 is 0 Å². The smallest absolute Gasteiger partial charge is 0.365 e. The van der Waals surface area contributed by atoms with Crippen LogP contribution in [0.25, 0.3) is 0 Å². The second-order valence-electron chi connectivity index (χ2n) is 5.28. The molecule has 0 aromatic rings. The maximum atomic E-state index is 12.0. The number of rotatable bonds is 3. The van der Waals surface area contributed by atoms with Crippen molar-refractivity contribution in [3.05, 3.63) is 0 Å². The number of hydrogen-bond donors (Lipinski definition) is 0. The number of halogens is 3. The molecule has 0 spiro atoms. The highest BCUT2D eigenvalue weighted by Crippen LogP contribution is 2.32. The standard InChI is InChI=1S/C10H18F3O2/c1-8(2,3)7(9(4,5)14)15-6-10(11,12)13/h7H,6H2,1-5H3. The highest BCUT2D eigenvalue weighted by Gasteiger charge is 2.41. The van der Waals surface area contributed by atoms with E-state index < -0.39 is 29.9 Å². The fourth-order valence-electron chi connectivity index (χ4n) is 1.67. The molecule has 0 fully saturated rings. The van der Waals surface area contributed by atoms with E-state index in [1.54, 1.807) is 20.8 Å². The van der Waals surface area contributed by atoms with Gasteiger partial charge in [-0.1, -0.05) is 20.8 Å². The molecule has 15 heavy (non-hydrogen) atoms.